The van der Waals surface area contributed by atoms with Gasteiger partial charge in [0.25, 0.3) is 11.6 Å². The molecular formula is C21H30N4O4. The summed E-state index contributed by atoms with van der Waals surface area (Å²) in [5, 5.41) is 11.7. The lowest BCUT2D eigenvalue weighted by molar-refractivity contribution is -0.384. The van der Waals surface area contributed by atoms with Crippen molar-refractivity contribution in [3.63, 3.8) is 0 Å². The molecule has 8 heteroatoms. The molecule has 0 bridgehead atoms. The van der Waals surface area contributed by atoms with Crippen molar-refractivity contribution >= 4 is 23.2 Å². The van der Waals surface area contributed by atoms with E-state index in [2.05, 4.69) is 11.8 Å². The smallest absolute Gasteiger partial charge is 0.293 e. The van der Waals surface area contributed by atoms with Crippen molar-refractivity contribution in [2.24, 2.45) is 11.8 Å². The van der Waals surface area contributed by atoms with Crippen LogP contribution in [0.15, 0.2) is 18.2 Å². The summed E-state index contributed by atoms with van der Waals surface area (Å²) in [6, 6.07) is 4.81. The summed E-state index contributed by atoms with van der Waals surface area (Å²) in [7, 11) is 0. The van der Waals surface area contributed by atoms with E-state index in [0.717, 1.165) is 25.9 Å². The van der Waals surface area contributed by atoms with Gasteiger partial charge in [0.05, 0.1) is 4.92 Å². The zero-order valence-electron chi connectivity index (χ0n) is 17.5. The van der Waals surface area contributed by atoms with E-state index in [4.69, 9.17) is 0 Å². The van der Waals surface area contributed by atoms with Crippen molar-refractivity contribution < 1.29 is 14.5 Å². The normalized spacial score (nSPS) is 20.1. The lowest BCUT2D eigenvalue weighted by atomic mass is 9.99. The molecule has 1 aromatic carbocycles. The number of amides is 2. The first-order valence-corrected chi connectivity index (χ1v) is 10.4. The standard InChI is InChI=1S/C21H30N4O4/c1-15(2)20(26)22-9-11-23(12-10-22)21(27)17-6-7-18(19(13-17)25(28)29)24-8-4-5-16(3)14-24/h6-7,13,15-16H,4-5,8-12,14H2,1-3H3. The molecule has 0 aliphatic carbocycles. The van der Waals surface area contributed by atoms with Crippen LogP contribution in [0.2, 0.25) is 0 Å². The molecule has 0 radical (unpaired) electrons. The maximum Gasteiger partial charge on any atom is 0.293 e. The molecule has 0 saturated carbocycles. The first-order valence-electron chi connectivity index (χ1n) is 10.4. The molecule has 3 rings (SSSR count). The van der Waals surface area contributed by atoms with Gasteiger partial charge in [-0.15, -0.1) is 0 Å². The molecule has 0 aromatic heterocycles. The first-order chi connectivity index (χ1) is 13.8. The van der Waals surface area contributed by atoms with E-state index in [-0.39, 0.29) is 23.4 Å². The lowest BCUT2D eigenvalue weighted by Gasteiger charge is -2.35. The van der Waals surface area contributed by atoms with Crippen LogP contribution in [0.1, 0.15) is 44.0 Å². The number of anilines is 1. The van der Waals surface area contributed by atoms with Crippen molar-refractivity contribution in [1.29, 1.82) is 0 Å². The number of hydrogen-bond donors (Lipinski definition) is 0. The number of rotatable bonds is 4. The fourth-order valence-electron chi connectivity index (χ4n) is 4.16. The molecular weight excluding hydrogens is 372 g/mol. The predicted molar refractivity (Wildman–Crippen MR) is 111 cm³/mol. The minimum Gasteiger partial charge on any atom is -0.366 e. The summed E-state index contributed by atoms with van der Waals surface area (Å²) < 4.78 is 0. The fourth-order valence-corrected chi connectivity index (χ4v) is 4.16. The first kappa shape index (κ1) is 21.1. The highest BCUT2D eigenvalue weighted by Gasteiger charge is 2.29. The molecule has 0 spiro atoms. The Bertz CT molecular complexity index is 787. The zero-order chi connectivity index (χ0) is 21.1. The van der Waals surface area contributed by atoms with E-state index in [1.807, 2.05) is 13.8 Å². The molecule has 1 atom stereocenters. The number of carbonyl (C=O) groups is 2. The molecule has 8 nitrogen and oxygen atoms in total. The maximum atomic E-state index is 12.9. The Kier molecular flexibility index (Phi) is 6.39. The SMILES string of the molecule is CC1CCCN(c2ccc(C(=O)N3CCN(C(=O)C(C)C)CC3)cc2[N+](=O)[O-])C1. The molecule has 0 N–H and O–H groups in total. The fraction of sp³-hybridized carbons (Fsp3) is 0.619. The average molecular weight is 402 g/mol. The average Bonchev–Trinajstić information content (AvgIpc) is 2.72. The molecule has 2 aliphatic rings. The maximum absolute atomic E-state index is 12.9. The summed E-state index contributed by atoms with van der Waals surface area (Å²) >= 11 is 0. The highest BCUT2D eigenvalue weighted by molar-refractivity contribution is 5.96. The second kappa shape index (κ2) is 8.80. The Morgan fingerprint density at radius 1 is 1.10 bits per heavy atom. The predicted octanol–water partition coefficient (Wildman–Crippen LogP) is 2.77. The van der Waals surface area contributed by atoms with Gasteiger partial charge < -0.3 is 14.7 Å². The van der Waals surface area contributed by atoms with Gasteiger partial charge in [-0.2, -0.15) is 0 Å². The van der Waals surface area contributed by atoms with Crippen molar-refractivity contribution in [2.45, 2.75) is 33.6 Å². The number of benzene rings is 1. The van der Waals surface area contributed by atoms with Gasteiger partial charge in [0, 0.05) is 56.8 Å². The van der Waals surface area contributed by atoms with Crippen molar-refractivity contribution in [3.8, 4) is 0 Å². The van der Waals surface area contributed by atoms with Gasteiger partial charge in [0.1, 0.15) is 5.69 Å². The van der Waals surface area contributed by atoms with Crippen LogP contribution >= 0.6 is 0 Å². The number of nitrogens with zero attached hydrogens (tertiary/aromatic N) is 4. The van der Waals surface area contributed by atoms with Crippen molar-refractivity contribution in [2.75, 3.05) is 44.2 Å². The Hall–Kier alpha value is -2.64. The minimum atomic E-state index is -0.398. The lowest BCUT2D eigenvalue weighted by Crippen LogP contribution is -2.51. The molecule has 2 amide bonds. The Labute approximate surface area is 171 Å². The summed E-state index contributed by atoms with van der Waals surface area (Å²) in [5.41, 5.74) is 0.901. The summed E-state index contributed by atoms with van der Waals surface area (Å²) in [4.78, 5) is 41.8. The third-order valence-corrected chi connectivity index (χ3v) is 5.79. The van der Waals surface area contributed by atoms with Gasteiger partial charge in [0.2, 0.25) is 5.91 Å². The molecule has 158 valence electrons. The second-order valence-electron chi connectivity index (χ2n) is 8.43. The van der Waals surface area contributed by atoms with Gasteiger partial charge in [-0.1, -0.05) is 20.8 Å². The molecule has 2 aliphatic heterocycles. The van der Waals surface area contributed by atoms with Crippen LogP contribution in [0.4, 0.5) is 11.4 Å². The van der Waals surface area contributed by atoms with Gasteiger partial charge >= 0.3 is 0 Å². The molecule has 2 heterocycles. The third kappa shape index (κ3) is 4.68. The Morgan fingerprint density at radius 2 is 1.76 bits per heavy atom. The highest BCUT2D eigenvalue weighted by Crippen LogP contribution is 2.32. The molecule has 29 heavy (non-hydrogen) atoms. The van der Waals surface area contributed by atoms with Crippen LogP contribution in [-0.2, 0) is 4.79 Å². The zero-order valence-corrected chi connectivity index (χ0v) is 17.5. The summed E-state index contributed by atoms with van der Waals surface area (Å²) in [5.74, 6) is 0.301. The van der Waals surface area contributed by atoms with Crippen LogP contribution in [-0.4, -0.2) is 65.8 Å². The van der Waals surface area contributed by atoms with Gasteiger partial charge in [-0.3, -0.25) is 19.7 Å². The van der Waals surface area contributed by atoms with E-state index in [1.165, 1.54) is 6.07 Å². The second-order valence-corrected chi connectivity index (χ2v) is 8.43. The number of nitro benzene ring substituents is 1. The number of carbonyl (C=O) groups excluding carboxylic acids is 2. The summed E-state index contributed by atoms with van der Waals surface area (Å²) in [6.45, 7) is 9.34. The van der Waals surface area contributed by atoms with Gasteiger partial charge in [-0.25, -0.2) is 0 Å². The van der Waals surface area contributed by atoms with Crippen LogP contribution in [0.25, 0.3) is 0 Å². The summed E-state index contributed by atoms with van der Waals surface area (Å²) in [6.07, 6.45) is 2.14. The van der Waals surface area contributed by atoms with Crippen molar-refractivity contribution in [1.82, 2.24) is 9.80 Å². The van der Waals surface area contributed by atoms with E-state index in [0.29, 0.717) is 43.3 Å². The van der Waals surface area contributed by atoms with Crippen LogP contribution in [0, 0.1) is 22.0 Å². The number of piperidine rings is 1. The molecule has 2 fully saturated rings. The minimum absolute atomic E-state index is 0.0152. The van der Waals surface area contributed by atoms with Crippen LogP contribution in [0.5, 0.6) is 0 Å². The van der Waals surface area contributed by atoms with Crippen LogP contribution < -0.4 is 4.90 Å². The number of nitro groups is 1. The quantitative estimate of drug-likeness (QED) is 0.571. The van der Waals surface area contributed by atoms with E-state index >= 15 is 0 Å². The molecule has 1 aromatic rings. The highest BCUT2D eigenvalue weighted by atomic mass is 16.6. The number of hydrogen-bond acceptors (Lipinski definition) is 5. The molecule has 1 unspecified atom stereocenters. The van der Waals surface area contributed by atoms with E-state index in [9.17, 15) is 19.7 Å². The Morgan fingerprint density at radius 3 is 2.34 bits per heavy atom. The van der Waals surface area contributed by atoms with Crippen LogP contribution in [0.3, 0.4) is 0 Å². The van der Waals surface area contributed by atoms with Gasteiger partial charge in [-0.05, 0) is 30.9 Å². The van der Waals surface area contributed by atoms with Gasteiger partial charge in [0.15, 0.2) is 0 Å². The third-order valence-electron chi connectivity index (χ3n) is 5.79. The topological polar surface area (TPSA) is 87.0 Å². The number of piperazine rings is 1. The van der Waals surface area contributed by atoms with Crippen molar-refractivity contribution in [3.05, 3.63) is 33.9 Å². The largest absolute Gasteiger partial charge is 0.366 e. The molecule has 2 saturated heterocycles. The monoisotopic (exact) mass is 402 g/mol. The Balaban J connectivity index is 1.74. The van der Waals surface area contributed by atoms with E-state index < -0.39 is 4.92 Å². The van der Waals surface area contributed by atoms with E-state index in [1.54, 1.807) is 21.9 Å².